The third-order valence-electron chi connectivity index (χ3n) is 4.86. The minimum Gasteiger partial charge on any atom is -0.480 e. The van der Waals surface area contributed by atoms with Gasteiger partial charge >= 0.3 is 5.97 Å². The van der Waals surface area contributed by atoms with Crippen LogP contribution in [0.15, 0.2) is 24.3 Å². The third kappa shape index (κ3) is 5.29. The minimum atomic E-state index is -1.14. The van der Waals surface area contributed by atoms with Gasteiger partial charge in [0, 0.05) is 26.3 Å². The molecule has 2 rings (SSSR count). The number of aliphatic carboxylic acids is 1. The van der Waals surface area contributed by atoms with Gasteiger partial charge in [-0.25, -0.2) is 4.79 Å². The molecule has 3 atom stereocenters. The fourth-order valence-electron chi connectivity index (χ4n) is 3.25. The number of β-amino-alcohol motifs (C(OH)–C–C–N with tert-alkyl or cyclic N) is 1. The summed E-state index contributed by atoms with van der Waals surface area (Å²) >= 11 is 0. The molecule has 3 N–H and O–H groups in total. The topological polar surface area (TPSA) is 107 Å². The van der Waals surface area contributed by atoms with Crippen LogP contribution < -0.4 is 5.32 Å². The maximum Gasteiger partial charge on any atom is 0.326 e. The number of carboxylic acids is 1. The van der Waals surface area contributed by atoms with Crippen LogP contribution in [0.5, 0.6) is 0 Å². The Morgan fingerprint density at radius 2 is 1.81 bits per heavy atom. The lowest BCUT2D eigenvalue weighted by molar-refractivity contribution is -0.143. The fourth-order valence-corrected chi connectivity index (χ4v) is 3.25. The number of aliphatic hydroxyl groups excluding tert-OH is 1. The number of carboxylic acid groups (broad SMARTS) is 1. The molecule has 1 saturated heterocycles. The SMILES string of the molecule is CC(=O)N1C[C@H](O)C[C@H]1C(=O)N[C@H](Cc1ccc(C(C)(C)C)cc1)C(=O)O. The molecule has 2 amide bonds. The van der Waals surface area contributed by atoms with Crippen LogP contribution in [0.4, 0.5) is 0 Å². The van der Waals surface area contributed by atoms with Gasteiger partial charge in [0.2, 0.25) is 11.8 Å². The Bertz CT molecular complexity index is 708. The van der Waals surface area contributed by atoms with Crippen molar-refractivity contribution < 1.29 is 24.6 Å². The molecule has 0 bridgehead atoms. The van der Waals surface area contributed by atoms with Gasteiger partial charge in [-0.15, -0.1) is 0 Å². The van der Waals surface area contributed by atoms with E-state index in [1.165, 1.54) is 11.8 Å². The van der Waals surface area contributed by atoms with E-state index in [-0.39, 0.29) is 30.7 Å². The van der Waals surface area contributed by atoms with Crippen LogP contribution in [-0.4, -0.2) is 57.6 Å². The lowest BCUT2D eigenvalue weighted by Crippen LogP contribution is -2.51. The van der Waals surface area contributed by atoms with Gasteiger partial charge < -0.3 is 20.4 Å². The summed E-state index contributed by atoms with van der Waals surface area (Å²) in [6.07, 6.45) is -0.531. The molecule has 1 fully saturated rings. The predicted octanol–water partition coefficient (Wildman–Crippen LogP) is 1.08. The van der Waals surface area contributed by atoms with E-state index in [4.69, 9.17) is 0 Å². The molecule has 0 unspecified atom stereocenters. The molecule has 0 radical (unpaired) electrons. The van der Waals surface area contributed by atoms with Crippen molar-refractivity contribution in [3.05, 3.63) is 35.4 Å². The van der Waals surface area contributed by atoms with Crippen LogP contribution in [0.3, 0.4) is 0 Å². The summed E-state index contributed by atoms with van der Waals surface area (Å²) in [6, 6.07) is 5.70. The highest BCUT2D eigenvalue weighted by molar-refractivity contribution is 5.90. The summed E-state index contributed by atoms with van der Waals surface area (Å²) in [5.41, 5.74) is 1.93. The molecule has 7 heteroatoms. The molecule has 148 valence electrons. The van der Waals surface area contributed by atoms with Crippen LogP contribution in [0, 0.1) is 0 Å². The second-order valence-electron chi connectivity index (χ2n) is 8.13. The molecule has 1 aliphatic heterocycles. The fraction of sp³-hybridized carbons (Fsp3) is 0.550. The molecule has 1 aromatic carbocycles. The Kier molecular flexibility index (Phi) is 6.26. The second kappa shape index (κ2) is 8.08. The number of rotatable bonds is 5. The van der Waals surface area contributed by atoms with E-state index in [1.54, 1.807) is 0 Å². The second-order valence-corrected chi connectivity index (χ2v) is 8.13. The lowest BCUT2D eigenvalue weighted by atomic mass is 9.86. The van der Waals surface area contributed by atoms with Gasteiger partial charge in [0.15, 0.2) is 0 Å². The normalized spacial score (nSPS) is 21.0. The predicted molar refractivity (Wildman–Crippen MR) is 100 cm³/mol. The average Bonchev–Trinajstić information content (AvgIpc) is 2.96. The summed E-state index contributed by atoms with van der Waals surface area (Å²) < 4.78 is 0. The number of benzene rings is 1. The van der Waals surface area contributed by atoms with Crippen LogP contribution in [0.25, 0.3) is 0 Å². The number of nitrogens with one attached hydrogen (secondary N) is 1. The number of carbonyl (C=O) groups excluding carboxylic acids is 2. The molecule has 1 aliphatic rings. The van der Waals surface area contributed by atoms with E-state index >= 15 is 0 Å². The first-order valence-electron chi connectivity index (χ1n) is 9.07. The van der Waals surface area contributed by atoms with Crippen molar-refractivity contribution in [3.63, 3.8) is 0 Å². The molecule has 0 aliphatic carbocycles. The lowest BCUT2D eigenvalue weighted by Gasteiger charge is -2.24. The molecule has 27 heavy (non-hydrogen) atoms. The molecule has 0 spiro atoms. The maximum atomic E-state index is 12.5. The first-order chi connectivity index (χ1) is 12.5. The van der Waals surface area contributed by atoms with Crippen LogP contribution in [-0.2, 0) is 26.2 Å². The summed E-state index contributed by atoms with van der Waals surface area (Å²) in [6.45, 7) is 7.69. The Balaban J connectivity index is 2.08. The Hall–Kier alpha value is -2.41. The molecular weight excluding hydrogens is 348 g/mol. The number of aliphatic hydroxyl groups is 1. The van der Waals surface area contributed by atoms with Crippen molar-refractivity contribution in [1.82, 2.24) is 10.2 Å². The first kappa shape index (κ1) is 20.9. The van der Waals surface area contributed by atoms with E-state index in [0.29, 0.717) is 0 Å². The van der Waals surface area contributed by atoms with E-state index in [2.05, 4.69) is 26.1 Å². The first-order valence-corrected chi connectivity index (χ1v) is 9.07. The zero-order valence-electron chi connectivity index (χ0n) is 16.2. The summed E-state index contributed by atoms with van der Waals surface area (Å²) in [5.74, 6) is -2.02. The largest absolute Gasteiger partial charge is 0.480 e. The summed E-state index contributed by atoms with van der Waals surface area (Å²) in [4.78, 5) is 37.1. The Labute approximate surface area is 159 Å². The summed E-state index contributed by atoms with van der Waals surface area (Å²) in [5, 5.41) is 21.8. The molecule has 1 heterocycles. The van der Waals surface area contributed by atoms with Crippen molar-refractivity contribution in [1.29, 1.82) is 0 Å². The zero-order chi connectivity index (χ0) is 20.4. The molecule has 0 aromatic heterocycles. The highest BCUT2D eigenvalue weighted by atomic mass is 16.4. The number of likely N-dealkylation sites (tertiary alicyclic amines) is 1. The third-order valence-corrected chi connectivity index (χ3v) is 4.86. The highest BCUT2D eigenvalue weighted by Gasteiger charge is 2.38. The van der Waals surface area contributed by atoms with Crippen molar-refractivity contribution in [3.8, 4) is 0 Å². The monoisotopic (exact) mass is 376 g/mol. The van der Waals surface area contributed by atoms with E-state index in [1.807, 2.05) is 24.3 Å². The van der Waals surface area contributed by atoms with Gasteiger partial charge in [-0.3, -0.25) is 9.59 Å². The van der Waals surface area contributed by atoms with Gasteiger partial charge in [-0.05, 0) is 16.5 Å². The Morgan fingerprint density at radius 1 is 1.22 bits per heavy atom. The van der Waals surface area contributed by atoms with Gasteiger partial charge in [0.05, 0.1) is 6.10 Å². The van der Waals surface area contributed by atoms with Crippen LogP contribution in [0.2, 0.25) is 0 Å². The average molecular weight is 376 g/mol. The minimum absolute atomic E-state index is 0.00158. The van der Waals surface area contributed by atoms with Crippen LogP contribution >= 0.6 is 0 Å². The highest BCUT2D eigenvalue weighted by Crippen LogP contribution is 2.23. The van der Waals surface area contributed by atoms with Crippen molar-refractivity contribution in [2.75, 3.05) is 6.54 Å². The van der Waals surface area contributed by atoms with Gasteiger partial charge in [-0.1, -0.05) is 45.0 Å². The summed E-state index contributed by atoms with van der Waals surface area (Å²) in [7, 11) is 0. The molecule has 0 saturated carbocycles. The molecule has 7 nitrogen and oxygen atoms in total. The van der Waals surface area contributed by atoms with E-state index in [0.717, 1.165) is 11.1 Å². The number of amides is 2. The molecule has 1 aromatic rings. The smallest absolute Gasteiger partial charge is 0.326 e. The van der Waals surface area contributed by atoms with Crippen molar-refractivity contribution >= 4 is 17.8 Å². The standard InChI is InChI=1S/C20H28N2O5/c1-12(23)22-11-15(24)10-17(22)18(25)21-16(19(26)27)9-13-5-7-14(8-6-13)20(2,3)4/h5-8,15-17,24H,9-11H2,1-4H3,(H,21,25)(H,26,27)/t15-,16-,17+/m1/s1. The van der Waals surface area contributed by atoms with Crippen molar-refractivity contribution in [2.45, 2.75) is 64.1 Å². The van der Waals surface area contributed by atoms with E-state index in [9.17, 15) is 24.6 Å². The number of nitrogens with zero attached hydrogens (tertiary/aromatic N) is 1. The van der Waals surface area contributed by atoms with Crippen LogP contribution in [0.1, 0.15) is 45.2 Å². The number of carbonyl (C=O) groups is 3. The quantitative estimate of drug-likeness (QED) is 0.713. The van der Waals surface area contributed by atoms with Crippen molar-refractivity contribution in [2.24, 2.45) is 0 Å². The van der Waals surface area contributed by atoms with Gasteiger partial charge in [0.25, 0.3) is 0 Å². The maximum absolute atomic E-state index is 12.5. The molecular formula is C20H28N2O5. The van der Waals surface area contributed by atoms with E-state index < -0.39 is 30.1 Å². The number of hydrogen-bond donors (Lipinski definition) is 3. The zero-order valence-corrected chi connectivity index (χ0v) is 16.2. The number of hydrogen-bond acceptors (Lipinski definition) is 4. The van der Waals surface area contributed by atoms with Gasteiger partial charge in [0.1, 0.15) is 12.1 Å². The van der Waals surface area contributed by atoms with Gasteiger partial charge in [-0.2, -0.15) is 0 Å². The Morgan fingerprint density at radius 3 is 2.30 bits per heavy atom.